The van der Waals surface area contributed by atoms with Gasteiger partial charge >= 0.3 is 5.97 Å². The third-order valence-electron chi connectivity index (χ3n) is 4.61. The first-order valence-corrected chi connectivity index (χ1v) is 8.76. The SMILES string of the molecule is Cc1ccc(CCC(C(=O)O)N2C(=O)C(C)(C)Oc3ccc(N)nc32)cc1. The molecule has 1 atom stereocenters. The predicted octanol–water partition coefficient (Wildman–Crippen LogP) is 2.56. The van der Waals surface area contributed by atoms with Crippen molar-refractivity contribution in [1.29, 1.82) is 0 Å². The van der Waals surface area contributed by atoms with Gasteiger partial charge in [0.1, 0.15) is 11.9 Å². The van der Waals surface area contributed by atoms with Crippen LogP contribution in [0.1, 0.15) is 31.4 Å². The summed E-state index contributed by atoms with van der Waals surface area (Å²) >= 11 is 0. The quantitative estimate of drug-likeness (QED) is 0.839. The summed E-state index contributed by atoms with van der Waals surface area (Å²) in [6, 6.07) is 9.97. The summed E-state index contributed by atoms with van der Waals surface area (Å²) in [5.74, 6) is -0.865. The fourth-order valence-corrected chi connectivity index (χ4v) is 3.12. The number of carboxylic acids is 1. The van der Waals surface area contributed by atoms with E-state index in [0.717, 1.165) is 11.1 Å². The maximum atomic E-state index is 13.0. The maximum Gasteiger partial charge on any atom is 0.326 e. The number of nitrogens with zero attached hydrogens (tertiary/aromatic N) is 2. The van der Waals surface area contributed by atoms with Crippen molar-refractivity contribution in [3.63, 3.8) is 0 Å². The zero-order chi connectivity index (χ0) is 19.8. The van der Waals surface area contributed by atoms with Gasteiger partial charge in [-0.3, -0.25) is 9.69 Å². The van der Waals surface area contributed by atoms with E-state index in [4.69, 9.17) is 10.5 Å². The van der Waals surface area contributed by atoms with Gasteiger partial charge in [-0.05, 0) is 51.3 Å². The van der Waals surface area contributed by atoms with Crippen LogP contribution in [0, 0.1) is 6.92 Å². The molecule has 7 heteroatoms. The Morgan fingerprint density at radius 1 is 1.26 bits per heavy atom. The molecule has 1 amide bonds. The van der Waals surface area contributed by atoms with E-state index in [1.807, 2.05) is 31.2 Å². The second-order valence-corrected chi connectivity index (χ2v) is 7.22. The minimum atomic E-state index is -1.19. The predicted molar refractivity (Wildman–Crippen MR) is 102 cm³/mol. The van der Waals surface area contributed by atoms with Crippen LogP contribution in [0.3, 0.4) is 0 Å². The fourth-order valence-electron chi connectivity index (χ4n) is 3.12. The Morgan fingerprint density at radius 3 is 2.56 bits per heavy atom. The van der Waals surface area contributed by atoms with Crippen molar-refractivity contribution in [1.82, 2.24) is 4.98 Å². The Labute approximate surface area is 157 Å². The fraction of sp³-hybridized carbons (Fsp3) is 0.350. The normalized spacial score (nSPS) is 16.4. The summed E-state index contributed by atoms with van der Waals surface area (Å²) in [4.78, 5) is 30.4. The summed E-state index contributed by atoms with van der Waals surface area (Å²) < 4.78 is 5.72. The average Bonchev–Trinajstić information content (AvgIpc) is 2.60. The molecule has 0 aliphatic carbocycles. The molecule has 1 unspecified atom stereocenters. The third kappa shape index (κ3) is 3.72. The van der Waals surface area contributed by atoms with E-state index in [9.17, 15) is 14.7 Å². The zero-order valence-electron chi connectivity index (χ0n) is 15.6. The highest BCUT2D eigenvalue weighted by atomic mass is 16.5. The van der Waals surface area contributed by atoms with E-state index < -0.39 is 23.5 Å². The third-order valence-corrected chi connectivity index (χ3v) is 4.61. The van der Waals surface area contributed by atoms with Crippen LogP contribution in [0.5, 0.6) is 5.75 Å². The largest absolute Gasteiger partial charge is 0.480 e. The molecule has 0 spiro atoms. The minimum Gasteiger partial charge on any atom is -0.480 e. The number of carboxylic acid groups (broad SMARTS) is 1. The summed E-state index contributed by atoms with van der Waals surface area (Å²) in [6.45, 7) is 5.21. The molecule has 2 aromatic rings. The zero-order valence-corrected chi connectivity index (χ0v) is 15.6. The topological polar surface area (TPSA) is 106 Å². The van der Waals surface area contributed by atoms with E-state index in [-0.39, 0.29) is 18.1 Å². The average molecular weight is 369 g/mol. The molecular weight excluding hydrogens is 346 g/mol. The van der Waals surface area contributed by atoms with Gasteiger partial charge in [-0.2, -0.15) is 0 Å². The van der Waals surface area contributed by atoms with Gasteiger partial charge in [-0.1, -0.05) is 29.8 Å². The highest BCUT2D eigenvalue weighted by molar-refractivity contribution is 6.05. The van der Waals surface area contributed by atoms with Gasteiger partial charge in [-0.25, -0.2) is 9.78 Å². The van der Waals surface area contributed by atoms with Gasteiger partial charge in [-0.15, -0.1) is 0 Å². The van der Waals surface area contributed by atoms with Crippen LogP contribution in [0.25, 0.3) is 0 Å². The lowest BCUT2D eigenvalue weighted by Crippen LogP contribution is -2.58. The Bertz CT molecular complexity index is 877. The highest BCUT2D eigenvalue weighted by Gasteiger charge is 2.46. The highest BCUT2D eigenvalue weighted by Crippen LogP contribution is 2.38. The van der Waals surface area contributed by atoms with Crippen molar-refractivity contribution in [3.05, 3.63) is 47.5 Å². The van der Waals surface area contributed by atoms with Crippen molar-refractivity contribution in [2.24, 2.45) is 0 Å². The van der Waals surface area contributed by atoms with E-state index in [0.29, 0.717) is 12.2 Å². The summed E-state index contributed by atoms with van der Waals surface area (Å²) in [7, 11) is 0. The molecule has 1 aliphatic rings. The summed E-state index contributed by atoms with van der Waals surface area (Å²) in [5, 5.41) is 9.84. The molecule has 0 fully saturated rings. The Hall–Kier alpha value is -3.09. The number of fused-ring (bicyclic) bond motifs is 1. The molecule has 27 heavy (non-hydrogen) atoms. The number of ether oxygens (including phenoxy) is 1. The number of aryl methyl sites for hydroxylation is 2. The Balaban J connectivity index is 1.95. The summed E-state index contributed by atoms with van der Waals surface area (Å²) in [6.07, 6.45) is 0.760. The number of pyridine rings is 1. The smallest absolute Gasteiger partial charge is 0.326 e. The van der Waals surface area contributed by atoms with Crippen LogP contribution in [-0.4, -0.2) is 33.6 Å². The van der Waals surface area contributed by atoms with E-state index >= 15 is 0 Å². The first kappa shape index (κ1) is 18.7. The van der Waals surface area contributed by atoms with Gasteiger partial charge in [0.15, 0.2) is 17.2 Å². The van der Waals surface area contributed by atoms with Gasteiger partial charge < -0.3 is 15.6 Å². The van der Waals surface area contributed by atoms with E-state index in [1.54, 1.807) is 26.0 Å². The van der Waals surface area contributed by atoms with Gasteiger partial charge in [0.25, 0.3) is 5.91 Å². The van der Waals surface area contributed by atoms with Crippen molar-refractivity contribution in [2.75, 3.05) is 10.6 Å². The molecule has 0 bridgehead atoms. The van der Waals surface area contributed by atoms with Crippen LogP contribution < -0.4 is 15.4 Å². The molecular formula is C20H23N3O4. The number of aliphatic carboxylic acids is 1. The molecule has 1 aliphatic heterocycles. The Morgan fingerprint density at radius 2 is 1.93 bits per heavy atom. The number of anilines is 2. The molecule has 1 aromatic carbocycles. The minimum absolute atomic E-state index is 0.149. The molecule has 3 N–H and O–H groups in total. The van der Waals surface area contributed by atoms with Crippen LogP contribution in [0.15, 0.2) is 36.4 Å². The van der Waals surface area contributed by atoms with Crippen molar-refractivity contribution < 1.29 is 19.4 Å². The molecule has 7 nitrogen and oxygen atoms in total. The van der Waals surface area contributed by atoms with Crippen LogP contribution in [-0.2, 0) is 16.0 Å². The van der Waals surface area contributed by atoms with Crippen LogP contribution in [0.4, 0.5) is 11.6 Å². The number of benzene rings is 1. The number of nitrogen functional groups attached to an aromatic ring is 1. The molecule has 0 saturated carbocycles. The second kappa shape index (κ2) is 6.90. The van der Waals surface area contributed by atoms with Crippen molar-refractivity contribution in [2.45, 2.75) is 45.3 Å². The molecule has 0 saturated heterocycles. The molecule has 142 valence electrons. The van der Waals surface area contributed by atoms with Gasteiger partial charge in [0.2, 0.25) is 0 Å². The number of hydrogen-bond acceptors (Lipinski definition) is 5. The summed E-state index contributed by atoms with van der Waals surface area (Å²) in [5.41, 5.74) is 6.71. The van der Waals surface area contributed by atoms with Gasteiger partial charge in [0.05, 0.1) is 0 Å². The molecule has 1 aromatic heterocycles. The van der Waals surface area contributed by atoms with Crippen molar-refractivity contribution >= 4 is 23.5 Å². The molecule has 2 heterocycles. The number of amides is 1. The standard InChI is InChI=1S/C20H23N3O4/c1-12-4-6-13(7-5-12)8-9-14(18(24)25)23-17-15(10-11-16(21)22-17)27-20(2,3)19(23)26/h4-7,10-11,14H,8-9H2,1-3H3,(H2,21,22)(H,24,25). The van der Waals surface area contributed by atoms with E-state index in [1.165, 1.54) is 4.90 Å². The first-order chi connectivity index (χ1) is 12.7. The number of carbonyl (C=O) groups excluding carboxylic acids is 1. The van der Waals surface area contributed by atoms with Gasteiger partial charge in [0, 0.05) is 0 Å². The number of rotatable bonds is 5. The lowest BCUT2D eigenvalue weighted by molar-refractivity contribution is -0.143. The molecule has 3 rings (SSSR count). The monoisotopic (exact) mass is 369 g/mol. The van der Waals surface area contributed by atoms with E-state index in [2.05, 4.69) is 4.98 Å². The number of carbonyl (C=O) groups is 2. The lowest BCUT2D eigenvalue weighted by atomic mass is 9.99. The van der Waals surface area contributed by atoms with Crippen LogP contribution >= 0.6 is 0 Å². The van der Waals surface area contributed by atoms with Crippen molar-refractivity contribution in [3.8, 4) is 5.75 Å². The molecule has 0 radical (unpaired) electrons. The number of hydrogen-bond donors (Lipinski definition) is 2. The maximum absolute atomic E-state index is 13.0. The number of nitrogens with two attached hydrogens (primary N) is 1. The first-order valence-electron chi connectivity index (χ1n) is 8.76. The Kier molecular flexibility index (Phi) is 4.78. The number of aromatic nitrogens is 1. The van der Waals surface area contributed by atoms with Crippen LogP contribution in [0.2, 0.25) is 0 Å². The second-order valence-electron chi connectivity index (χ2n) is 7.22. The lowest BCUT2D eigenvalue weighted by Gasteiger charge is -2.40.